The van der Waals surface area contributed by atoms with Gasteiger partial charge in [0, 0.05) is 34.3 Å². The molecule has 0 atom stereocenters. The van der Waals surface area contributed by atoms with E-state index in [1.54, 1.807) is 0 Å². The third kappa shape index (κ3) is 4.27. The van der Waals surface area contributed by atoms with Crippen molar-refractivity contribution < 1.29 is 0 Å². The first-order valence-electron chi connectivity index (χ1n) is 16.4. The maximum absolute atomic E-state index is 4.71. The van der Waals surface area contributed by atoms with Crippen LogP contribution in [-0.2, 0) is 0 Å². The average molecular weight is 609 g/mol. The molecule has 0 saturated carbocycles. The molecule has 0 fully saturated rings. The third-order valence-corrected chi connectivity index (χ3v) is 9.89. The molecule has 222 valence electrons. The van der Waals surface area contributed by atoms with E-state index in [1.807, 2.05) is 24.5 Å². The molecule has 0 amide bonds. The van der Waals surface area contributed by atoms with Crippen LogP contribution in [0.1, 0.15) is 0 Å². The van der Waals surface area contributed by atoms with Crippen LogP contribution in [-0.4, -0.2) is 9.97 Å². The SMILES string of the molecule is c1ccc2ncc(-c3ccc(-c4cc(-c5ccc(-c6cnc7ccccc7c6)cc5)c5ccc6cccc7ccc4c5c76)cc3)cc2c1. The molecule has 48 heavy (non-hydrogen) atoms. The summed E-state index contributed by atoms with van der Waals surface area (Å²) in [6.45, 7) is 0. The topological polar surface area (TPSA) is 25.8 Å². The second kappa shape index (κ2) is 10.6. The Morgan fingerprint density at radius 2 is 0.729 bits per heavy atom. The van der Waals surface area contributed by atoms with E-state index in [4.69, 9.17) is 9.97 Å². The number of benzene rings is 8. The van der Waals surface area contributed by atoms with Crippen LogP contribution >= 0.6 is 0 Å². The molecule has 8 aromatic carbocycles. The van der Waals surface area contributed by atoms with E-state index in [0.717, 1.165) is 44.1 Å². The lowest BCUT2D eigenvalue weighted by Gasteiger charge is -2.18. The molecule has 0 spiro atoms. The summed E-state index contributed by atoms with van der Waals surface area (Å²) >= 11 is 0. The Balaban J connectivity index is 1.13. The maximum atomic E-state index is 4.71. The van der Waals surface area contributed by atoms with Gasteiger partial charge in [-0.05, 0) is 96.0 Å². The van der Waals surface area contributed by atoms with E-state index < -0.39 is 0 Å². The highest BCUT2D eigenvalue weighted by Gasteiger charge is 2.17. The summed E-state index contributed by atoms with van der Waals surface area (Å²) in [6.07, 6.45) is 3.95. The predicted octanol–water partition coefficient (Wildman–Crippen LogP) is 12.3. The summed E-state index contributed by atoms with van der Waals surface area (Å²) in [7, 11) is 0. The number of pyridine rings is 2. The summed E-state index contributed by atoms with van der Waals surface area (Å²) in [5, 5.41) is 10.0. The van der Waals surface area contributed by atoms with Gasteiger partial charge in [0.1, 0.15) is 0 Å². The lowest BCUT2D eigenvalue weighted by Crippen LogP contribution is -1.91. The lowest BCUT2D eigenvalue weighted by molar-refractivity contribution is 1.41. The smallest absolute Gasteiger partial charge is 0.0702 e. The Labute approximate surface area is 277 Å². The number of rotatable bonds is 4. The zero-order chi connectivity index (χ0) is 31.6. The van der Waals surface area contributed by atoms with Gasteiger partial charge in [-0.1, -0.05) is 127 Å². The van der Waals surface area contributed by atoms with Gasteiger partial charge >= 0.3 is 0 Å². The first-order valence-corrected chi connectivity index (χ1v) is 16.4. The Bertz CT molecular complexity index is 2630. The van der Waals surface area contributed by atoms with Crippen molar-refractivity contribution in [3.8, 4) is 44.5 Å². The molecule has 0 N–H and O–H groups in total. The molecule has 2 heteroatoms. The Morgan fingerprint density at radius 1 is 0.292 bits per heavy atom. The van der Waals surface area contributed by atoms with Crippen LogP contribution in [0.5, 0.6) is 0 Å². The average Bonchev–Trinajstić information content (AvgIpc) is 3.16. The van der Waals surface area contributed by atoms with Gasteiger partial charge in [0.15, 0.2) is 0 Å². The van der Waals surface area contributed by atoms with Crippen molar-refractivity contribution in [2.45, 2.75) is 0 Å². The van der Waals surface area contributed by atoms with Gasteiger partial charge < -0.3 is 0 Å². The molecule has 10 rings (SSSR count). The molecule has 0 unspecified atom stereocenters. The largest absolute Gasteiger partial charge is 0.256 e. The second-order valence-corrected chi connectivity index (χ2v) is 12.6. The van der Waals surface area contributed by atoms with Crippen molar-refractivity contribution in [1.82, 2.24) is 9.97 Å². The Hall–Kier alpha value is -6.38. The summed E-state index contributed by atoms with van der Waals surface area (Å²) in [5.41, 5.74) is 11.5. The lowest BCUT2D eigenvalue weighted by atomic mass is 9.85. The summed E-state index contributed by atoms with van der Waals surface area (Å²) in [5.74, 6) is 0. The van der Waals surface area contributed by atoms with Crippen molar-refractivity contribution >= 4 is 54.1 Å². The van der Waals surface area contributed by atoms with Crippen molar-refractivity contribution in [3.05, 3.63) is 170 Å². The summed E-state index contributed by atoms with van der Waals surface area (Å²) < 4.78 is 0. The molecular weight excluding hydrogens is 581 g/mol. The summed E-state index contributed by atoms with van der Waals surface area (Å²) in [4.78, 5) is 9.41. The molecule has 0 aliphatic heterocycles. The van der Waals surface area contributed by atoms with Crippen LogP contribution in [0.25, 0.3) is 98.6 Å². The van der Waals surface area contributed by atoms with Crippen LogP contribution in [0, 0.1) is 0 Å². The number of hydrogen-bond acceptors (Lipinski definition) is 2. The number of fused-ring (bicyclic) bond motifs is 2. The highest BCUT2D eigenvalue weighted by Crippen LogP contribution is 2.44. The van der Waals surface area contributed by atoms with Crippen molar-refractivity contribution in [2.24, 2.45) is 0 Å². The van der Waals surface area contributed by atoms with Crippen molar-refractivity contribution in [3.63, 3.8) is 0 Å². The normalized spacial score (nSPS) is 11.8. The quantitative estimate of drug-likeness (QED) is 0.186. The minimum Gasteiger partial charge on any atom is -0.256 e. The van der Waals surface area contributed by atoms with Crippen LogP contribution in [0.3, 0.4) is 0 Å². The van der Waals surface area contributed by atoms with Gasteiger partial charge in [-0.3, -0.25) is 9.97 Å². The van der Waals surface area contributed by atoms with Crippen LogP contribution in [0.2, 0.25) is 0 Å². The van der Waals surface area contributed by atoms with E-state index in [0.29, 0.717) is 0 Å². The fraction of sp³-hybridized carbons (Fsp3) is 0. The van der Waals surface area contributed by atoms with E-state index >= 15 is 0 Å². The number of para-hydroxylation sites is 2. The molecule has 0 aliphatic carbocycles. The molecule has 2 aromatic heterocycles. The second-order valence-electron chi connectivity index (χ2n) is 12.6. The van der Waals surface area contributed by atoms with Crippen molar-refractivity contribution in [2.75, 3.05) is 0 Å². The van der Waals surface area contributed by atoms with Crippen molar-refractivity contribution in [1.29, 1.82) is 0 Å². The van der Waals surface area contributed by atoms with E-state index in [2.05, 4.69) is 146 Å². The maximum Gasteiger partial charge on any atom is 0.0702 e. The highest BCUT2D eigenvalue weighted by atomic mass is 14.7. The standard InChI is InChI=1S/C46H28N2/c1-3-10-43-35(6-1)24-37(27-47-43)29-12-16-31(17-13-29)41-26-42(40-23-21-34-9-5-8-33-20-22-39(41)46(40)45(33)34)32-18-14-30(15-19-32)38-25-36-7-2-4-11-44(36)48-28-38/h1-28H. The van der Waals surface area contributed by atoms with Gasteiger partial charge in [0.2, 0.25) is 0 Å². The van der Waals surface area contributed by atoms with Crippen LogP contribution in [0.15, 0.2) is 170 Å². The molecule has 10 aromatic rings. The molecule has 0 saturated heterocycles. The molecule has 0 radical (unpaired) electrons. The van der Waals surface area contributed by atoms with Gasteiger partial charge in [0.25, 0.3) is 0 Å². The predicted molar refractivity (Wildman–Crippen MR) is 202 cm³/mol. The number of aromatic nitrogens is 2. The molecular formula is C46H28N2. The molecule has 2 heterocycles. The number of nitrogens with zero attached hydrogens (tertiary/aromatic N) is 2. The van der Waals surface area contributed by atoms with Gasteiger partial charge in [-0.15, -0.1) is 0 Å². The summed E-state index contributed by atoms with van der Waals surface area (Å²) in [6, 6.07) is 57.1. The van der Waals surface area contributed by atoms with Gasteiger partial charge in [-0.2, -0.15) is 0 Å². The van der Waals surface area contributed by atoms with E-state index in [9.17, 15) is 0 Å². The van der Waals surface area contributed by atoms with E-state index in [1.165, 1.54) is 54.6 Å². The Kier molecular flexibility index (Phi) is 5.91. The van der Waals surface area contributed by atoms with E-state index in [-0.39, 0.29) is 0 Å². The zero-order valence-electron chi connectivity index (χ0n) is 26.1. The van der Waals surface area contributed by atoms with Crippen LogP contribution < -0.4 is 0 Å². The van der Waals surface area contributed by atoms with Crippen LogP contribution in [0.4, 0.5) is 0 Å². The fourth-order valence-electron chi connectivity index (χ4n) is 7.45. The minimum atomic E-state index is 1.01. The number of hydrogen-bond donors (Lipinski definition) is 0. The zero-order valence-corrected chi connectivity index (χ0v) is 26.1. The molecule has 2 nitrogen and oxygen atoms in total. The Morgan fingerprint density at radius 3 is 1.23 bits per heavy atom. The minimum absolute atomic E-state index is 1.01. The first kappa shape index (κ1) is 26.8. The third-order valence-electron chi connectivity index (χ3n) is 9.89. The monoisotopic (exact) mass is 608 g/mol. The fourth-order valence-corrected chi connectivity index (χ4v) is 7.45. The van der Waals surface area contributed by atoms with Gasteiger partial charge in [0.05, 0.1) is 11.0 Å². The van der Waals surface area contributed by atoms with Gasteiger partial charge in [-0.25, -0.2) is 0 Å². The molecule has 0 aliphatic rings. The molecule has 0 bridgehead atoms. The first-order chi connectivity index (χ1) is 23.8. The highest BCUT2D eigenvalue weighted by molar-refractivity contribution is 6.28.